The van der Waals surface area contributed by atoms with Crippen molar-refractivity contribution in [1.82, 2.24) is 10.2 Å². The molecule has 1 aliphatic heterocycles. The first kappa shape index (κ1) is 17.2. The molecule has 2 unspecified atom stereocenters. The summed E-state index contributed by atoms with van der Waals surface area (Å²) in [5.74, 6) is -2.41. The summed E-state index contributed by atoms with van der Waals surface area (Å²) >= 11 is 0. The maximum atomic E-state index is 12.3. The third-order valence-corrected chi connectivity index (χ3v) is 3.99. The summed E-state index contributed by atoms with van der Waals surface area (Å²) in [4.78, 5) is 37.1. The molecule has 2 aromatic rings. The number of β-lactam (4-membered cyclic amide) rings is 1. The molecule has 2 amide bonds. The SMILES string of the molecule is O=C(NC1CN(C(C(=O)O)c2ccco2)C1=O)/C(=N/O)c1ccccc1. The van der Waals surface area contributed by atoms with Crippen LogP contribution in [0.15, 0.2) is 58.3 Å². The van der Waals surface area contributed by atoms with Crippen molar-refractivity contribution in [2.24, 2.45) is 5.16 Å². The van der Waals surface area contributed by atoms with Gasteiger partial charge >= 0.3 is 5.97 Å². The zero-order valence-electron chi connectivity index (χ0n) is 13.4. The average Bonchev–Trinajstić information content (AvgIpc) is 3.16. The van der Waals surface area contributed by atoms with Gasteiger partial charge in [-0.15, -0.1) is 0 Å². The summed E-state index contributed by atoms with van der Waals surface area (Å²) in [5.41, 5.74) is 0.146. The molecule has 2 atom stereocenters. The van der Waals surface area contributed by atoms with Gasteiger partial charge in [0.15, 0.2) is 11.8 Å². The van der Waals surface area contributed by atoms with Crippen LogP contribution in [0.2, 0.25) is 0 Å². The van der Waals surface area contributed by atoms with E-state index in [1.807, 2.05) is 0 Å². The Labute approximate surface area is 147 Å². The van der Waals surface area contributed by atoms with Crippen molar-refractivity contribution in [3.05, 3.63) is 60.1 Å². The van der Waals surface area contributed by atoms with Gasteiger partial charge in [-0.25, -0.2) is 4.79 Å². The van der Waals surface area contributed by atoms with E-state index in [9.17, 15) is 19.5 Å². The second-order valence-electron chi connectivity index (χ2n) is 5.59. The Morgan fingerprint density at radius 1 is 1.23 bits per heavy atom. The number of nitrogens with zero attached hydrogens (tertiary/aromatic N) is 2. The number of carbonyl (C=O) groups excluding carboxylic acids is 2. The Balaban J connectivity index is 1.67. The van der Waals surface area contributed by atoms with Gasteiger partial charge in [-0.1, -0.05) is 35.5 Å². The summed E-state index contributed by atoms with van der Waals surface area (Å²) in [5, 5.41) is 23.9. The van der Waals surface area contributed by atoms with E-state index in [2.05, 4.69) is 10.5 Å². The predicted octanol–water partition coefficient (Wildman–Crippen LogP) is 0.611. The molecule has 0 spiro atoms. The number of aliphatic carboxylic acids is 1. The molecule has 1 fully saturated rings. The number of rotatable bonds is 6. The molecule has 3 N–H and O–H groups in total. The maximum Gasteiger partial charge on any atom is 0.334 e. The molecule has 0 radical (unpaired) electrons. The first-order valence-electron chi connectivity index (χ1n) is 7.68. The Hall–Kier alpha value is -3.62. The zero-order chi connectivity index (χ0) is 18.7. The van der Waals surface area contributed by atoms with Gasteiger partial charge in [0.25, 0.3) is 5.91 Å². The number of amides is 2. The first-order chi connectivity index (χ1) is 12.5. The standard InChI is InChI=1S/C17H15N3O6/c21-15(13(19-25)10-5-2-1-3-6-10)18-11-9-20(16(11)22)14(17(23)24)12-7-4-8-26-12/h1-8,11,14,25H,9H2,(H,18,21)(H,23,24)/b19-13+. The van der Waals surface area contributed by atoms with Crippen LogP contribution < -0.4 is 5.32 Å². The molecule has 0 bridgehead atoms. The molecule has 1 aliphatic rings. The Morgan fingerprint density at radius 3 is 2.50 bits per heavy atom. The zero-order valence-corrected chi connectivity index (χ0v) is 13.4. The van der Waals surface area contributed by atoms with Gasteiger partial charge in [0.1, 0.15) is 11.8 Å². The molecule has 134 valence electrons. The average molecular weight is 357 g/mol. The summed E-state index contributed by atoms with van der Waals surface area (Å²) < 4.78 is 5.08. The molecule has 3 rings (SSSR count). The molecule has 9 nitrogen and oxygen atoms in total. The predicted molar refractivity (Wildman–Crippen MR) is 87.5 cm³/mol. The van der Waals surface area contributed by atoms with Gasteiger partial charge in [0.05, 0.1) is 12.8 Å². The van der Waals surface area contributed by atoms with Gasteiger partial charge in [0.2, 0.25) is 5.91 Å². The number of carboxylic acids is 1. The van der Waals surface area contributed by atoms with Crippen LogP contribution in [0.25, 0.3) is 0 Å². The van der Waals surface area contributed by atoms with Gasteiger partial charge in [-0.3, -0.25) is 9.59 Å². The number of furan rings is 1. The monoisotopic (exact) mass is 357 g/mol. The van der Waals surface area contributed by atoms with E-state index in [-0.39, 0.29) is 18.0 Å². The molecule has 9 heteroatoms. The van der Waals surface area contributed by atoms with Crippen molar-refractivity contribution in [3.8, 4) is 0 Å². The van der Waals surface area contributed by atoms with Gasteiger partial charge in [-0.05, 0) is 12.1 Å². The number of benzene rings is 1. The molecule has 26 heavy (non-hydrogen) atoms. The van der Waals surface area contributed by atoms with Crippen molar-refractivity contribution < 1.29 is 29.1 Å². The van der Waals surface area contributed by atoms with E-state index in [4.69, 9.17) is 9.62 Å². The summed E-state index contributed by atoms with van der Waals surface area (Å²) in [6, 6.07) is 9.08. The topological polar surface area (TPSA) is 132 Å². The van der Waals surface area contributed by atoms with Crippen LogP contribution in [0, 0.1) is 0 Å². The van der Waals surface area contributed by atoms with E-state index in [0.29, 0.717) is 5.56 Å². The third-order valence-electron chi connectivity index (χ3n) is 3.99. The summed E-state index contributed by atoms with van der Waals surface area (Å²) in [6.45, 7) is -0.00423. The fraction of sp³-hybridized carbons (Fsp3) is 0.176. The summed E-state index contributed by atoms with van der Waals surface area (Å²) in [7, 11) is 0. The highest BCUT2D eigenvalue weighted by molar-refractivity contribution is 6.45. The van der Waals surface area contributed by atoms with Crippen LogP contribution in [0.4, 0.5) is 0 Å². The van der Waals surface area contributed by atoms with Crippen LogP contribution in [-0.4, -0.2) is 51.3 Å². The van der Waals surface area contributed by atoms with Crippen molar-refractivity contribution >= 4 is 23.5 Å². The van der Waals surface area contributed by atoms with Gasteiger partial charge < -0.3 is 24.9 Å². The second kappa shape index (κ2) is 7.09. The fourth-order valence-electron chi connectivity index (χ4n) is 2.70. The molecule has 0 saturated carbocycles. The Bertz CT molecular complexity index is 847. The lowest BCUT2D eigenvalue weighted by atomic mass is 10.0. The molecule has 1 aromatic heterocycles. The highest BCUT2D eigenvalue weighted by atomic mass is 16.4. The number of carboxylic acid groups (broad SMARTS) is 1. The fourth-order valence-corrected chi connectivity index (χ4v) is 2.70. The van der Waals surface area contributed by atoms with Gasteiger partial charge in [-0.2, -0.15) is 0 Å². The minimum Gasteiger partial charge on any atom is -0.479 e. The quantitative estimate of drug-likeness (QED) is 0.300. The highest BCUT2D eigenvalue weighted by Gasteiger charge is 2.46. The van der Waals surface area contributed by atoms with Crippen molar-refractivity contribution in [2.75, 3.05) is 6.54 Å². The Kier molecular flexibility index (Phi) is 4.70. The van der Waals surface area contributed by atoms with Crippen molar-refractivity contribution in [3.63, 3.8) is 0 Å². The number of nitrogens with one attached hydrogen (secondary N) is 1. The van der Waals surface area contributed by atoms with Gasteiger partial charge in [0, 0.05) is 5.56 Å². The third kappa shape index (κ3) is 3.14. The molecule has 0 aliphatic carbocycles. The smallest absolute Gasteiger partial charge is 0.334 e. The minimum absolute atomic E-state index is 0.00423. The number of oxime groups is 1. The minimum atomic E-state index is -1.26. The molecular formula is C17H15N3O6. The van der Waals surface area contributed by atoms with Crippen LogP contribution in [-0.2, 0) is 14.4 Å². The summed E-state index contributed by atoms with van der Waals surface area (Å²) in [6.07, 6.45) is 1.32. The van der Waals surface area contributed by atoms with Crippen LogP contribution in [0.5, 0.6) is 0 Å². The number of hydrogen-bond donors (Lipinski definition) is 3. The van der Waals surface area contributed by atoms with Crippen LogP contribution >= 0.6 is 0 Å². The van der Waals surface area contributed by atoms with E-state index >= 15 is 0 Å². The van der Waals surface area contributed by atoms with Crippen LogP contribution in [0.1, 0.15) is 17.4 Å². The van der Waals surface area contributed by atoms with E-state index in [0.717, 1.165) is 4.90 Å². The Morgan fingerprint density at radius 2 is 1.96 bits per heavy atom. The van der Waals surface area contributed by atoms with E-state index in [1.165, 1.54) is 18.4 Å². The van der Waals surface area contributed by atoms with E-state index < -0.39 is 29.9 Å². The maximum absolute atomic E-state index is 12.3. The highest BCUT2D eigenvalue weighted by Crippen LogP contribution is 2.27. The normalized spacial score (nSPS) is 18.2. The first-order valence-corrected chi connectivity index (χ1v) is 7.68. The largest absolute Gasteiger partial charge is 0.479 e. The van der Waals surface area contributed by atoms with Crippen LogP contribution in [0.3, 0.4) is 0 Å². The molecule has 1 saturated heterocycles. The number of likely N-dealkylation sites (tertiary alicyclic amines) is 1. The lowest BCUT2D eigenvalue weighted by Crippen LogP contribution is -2.66. The number of hydrogen-bond acceptors (Lipinski definition) is 6. The molecular weight excluding hydrogens is 342 g/mol. The molecule has 2 heterocycles. The lowest BCUT2D eigenvalue weighted by molar-refractivity contribution is -0.160. The van der Waals surface area contributed by atoms with E-state index in [1.54, 1.807) is 30.3 Å². The van der Waals surface area contributed by atoms with Crippen molar-refractivity contribution in [2.45, 2.75) is 12.1 Å². The molecule has 1 aromatic carbocycles. The second-order valence-corrected chi connectivity index (χ2v) is 5.59. The van der Waals surface area contributed by atoms with Crippen molar-refractivity contribution in [1.29, 1.82) is 0 Å². The lowest BCUT2D eigenvalue weighted by Gasteiger charge is -2.41. The number of carbonyl (C=O) groups is 3.